The van der Waals surface area contributed by atoms with Crippen LogP contribution in [-0.2, 0) is 29.4 Å². The van der Waals surface area contributed by atoms with E-state index in [1.54, 1.807) is 0 Å². The summed E-state index contributed by atoms with van der Waals surface area (Å²) >= 11 is 0. The molecule has 0 saturated carbocycles. The molecule has 244 valence electrons. The van der Waals surface area contributed by atoms with Crippen molar-refractivity contribution in [1.82, 2.24) is 4.90 Å². The molecule has 0 spiro atoms. The van der Waals surface area contributed by atoms with Gasteiger partial charge in [-0.1, -0.05) is 140 Å². The van der Waals surface area contributed by atoms with E-state index >= 15 is 0 Å². The van der Waals surface area contributed by atoms with Gasteiger partial charge in [-0.05, 0) is 41.5 Å². The summed E-state index contributed by atoms with van der Waals surface area (Å²) in [6, 6.07) is 40.8. The number of carbonyl (C=O) groups excluding carboxylic acids is 2. The summed E-state index contributed by atoms with van der Waals surface area (Å²) in [4.78, 5) is 29.3. The van der Waals surface area contributed by atoms with E-state index in [0.29, 0.717) is 32.5 Å². The summed E-state index contributed by atoms with van der Waals surface area (Å²) in [6.45, 7) is 6.10. The third kappa shape index (κ3) is 7.19. The van der Waals surface area contributed by atoms with Crippen LogP contribution in [0, 0.1) is 0 Å². The van der Waals surface area contributed by atoms with E-state index in [1.165, 1.54) is 10.1 Å². The van der Waals surface area contributed by atoms with Crippen molar-refractivity contribution in [2.45, 2.75) is 68.7 Å². The van der Waals surface area contributed by atoms with E-state index in [0.717, 1.165) is 29.5 Å². The van der Waals surface area contributed by atoms with Crippen molar-refractivity contribution in [3.8, 4) is 0 Å². The second-order valence-corrected chi connectivity index (χ2v) is 18.0. The van der Waals surface area contributed by atoms with Crippen LogP contribution >= 0.6 is 0 Å². The van der Waals surface area contributed by atoms with E-state index in [1.807, 2.05) is 60.7 Å². The van der Waals surface area contributed by atoms with Gasteiger partial charge in [-0.25, -0.2) is 0 Å². The molecule has 47 heavy (non-hydrogen) atoms. The van der Waals surface area contributed by atoms with Crippen LogP contribution in [0.4, 0.5) is 0 Å². The molecule has 2 heterocycles. The molecule has 0 radical (unpaired) electrons. The normalized spacial score (nSPS) is 18.0. The average molecular weight is 648 g/mol. The van der Waals surface area contributed by atoms with E-state index in [9.17, 15) is 9.59 Å². The van der Waals surface area contributed by atoms with Crippen molar-refractivity contribution < 1.29 is 23.8 Å². The van der Waals surface area contributed by atoms with Crippen LogP contribution in [0.1, 0.15) is 48.8 Å². The van der Waals surface area contributed by atoms with Gasteiger partial charge in [0.25, 0.3) is 0 Å². The predicted molar refractivity (Wildman–Crippen MR) is 187 cm³/mol. The third-order valence-corrected chi connectivity index (χ3v) is 14.4. The van der Waals surface area contributed by atoms with Crippen LogP contribution in [0.2, 0.25) is 18.6 Å². The minimum Gasteiger partial charge on any atom is -0.359 e. The highest BCUT2D eigenvalue weighted by molar-refractivity contribution is 6.91. The number of rotatable bonds is 13. The Hall–Kier alpha value is -3.88. The van der Waals surface area contributed by atoms with Gasteiger partial charge in [0.1, 0.15) is 5.60 Å². The summed E-state index contributed by atoms with van der Waals surface area (Å²) in [7, 11) is -2.12. The van der Waals surface area contributed by atoms with Crippen molar-refractivity contribution in [3.63, 3.8) is 0 Å². The van der Waals surface area contributed by atoms with Gasteiger partial charge in [0.2, 0.25) is 11.8 Å². The van der Waals surface area contributed by atoms with Crippen molar-refractivity contribution in [2.24, 2.45) is 0 Å². The first-order chi connectivity index (χ1) is 22.9. The number of hydrogen-bond acceptors (Lipinski definition) is 5. The minimum atomic E-state index is -2.12. The minimum absolute atomic E-state index is 0.109. The highest BCUT2D eigenvalue weighted by atomic mass is 28.3. The Kier molecular flexibility index (Phi) is 10.5. The topological polar surface area (TPSA) is 65.1 Å². The highest BCUT2D eigenvalue weighted by Gasteiger charge is 2.44. The largest absolute Gasteiger partial charge is 0.359 e. The van der Waals surface area contributed by atoms with Crippen LogP contribution < -0.4 is 5.19 Å². The lowest BCUT2D eigenvalue weighted by molar-refractivity contribution is -0.146. The second kappa shape index (κ2) is 14.9. The Bertz CT molecular complexity index is 1500. The lowest BCUT2D eigenvalue weighted by Gasteiger charge is -2.38. The SMILES string of the molecule is C[Si](C)(c1ccccc1)[C@@H](CCC1OCCO1)CC(=O)N1C(=O)CC[C@H]1COC(c1ccccc1)(c1ccccc1)c1ccccc1. The number of likely N-dealkylation sites (tertiary alicyclic amines) is 1. The predicted octanol–water partition coefficient (Wildman–Crippen LogP) is 7.04. The molecule has 0 aromatic heterocycles. The molecule has 0 aliphatic carbocycles. The number of nitrogens with zero attached hydrogens (tertiary/aromatic N) is 1. The number of hydrogen-bond donors (Lipinski definition) is 0. The van der Waals surface area contributed by atoms with Crippen LogP contribution in [0.3, 0.4) is 0 Å². The monoisotopic (exact) mass is 647 g/mol. The van der Waals surface area contributed by atoms with Gasteiger partial charge in [0.15, 0.2) is 6.29 Å². The second-order valence-electron chi connectivity index (χ2n) is 13.2. The Morgan fingerprint density at radius 3 is 1.81 bits per heavy atom. The molecular weight excluding hydrogens is 603 g/mol. The molecule has 6 nitrogen and oxygen atoms in total. The molecular formula is C40H45NO5Si. The fourth-order valence-corrected chi connectivity index (χ4v) is 10.4. The number of imide groups is 1. The molecule has 7 heteroatoms. The van der Waals surface area contributed by atoms with Gasteiger partial charge in [-0.15, -0.1) is 0 Å². The van der Waals surface area contributed by atoms with Crippen LogP contribution in [0.5, 0.6) is 0 Å². The Labute approximate surface area is 279 Å². The van der Waals surface area contributed by atoms with Gasteiger partial charge in [0.05, 0.1) is 33.9 Å². The van der Waals surface area contributed by atoms with Crippen LogP contribution in [0.25, 0.3) is 0 Å². The lowest BCUT2D eigenvalue weighted by atomic mass is 9.80. The van der Waals surface area contributed by atoms with Gasteiger partial charge >= 0.3 is 0 Å². The number of carbonyl (C=O) groups is 2. The van der Waals surface area contributed by atoms with E-state index in [-0.39, 0.29) is 36.3 Å². The molecule has 2 amide bonds. The van der Waals surface area contributed by atoms with Crippen molar-refractivity contribution in [2.75, 3.05) is 19.8 Å². The molecule has 6 rings (SSSR count). The molecule has 4 aromatic carbocycles. The molecule has 4 aromatic rings. The smallest absolute Gasteiger partial charge is 0.229 e. The van der Waals surface area contributed by atoms with Gasteiger partial charge in [0, 0.05) is 12.8 Å². The number of benzene rings is 4. The van der Waals surface area contributed by atoms with Crippen LogP contribution in [0.15, 0.2) is 121 Å². The average Bonchev–Trinajstić information content (AvgIpc) is 3.78. The van der Waals surface area contributed by atoms with Gasteiger partial charge in [-0.3, -0.25) is 14.5 Å². The fraction of sp³-hybridized carbons (Fsp3) is 0.350. The van der Waals surface area contributed by atoms with E-state index < -0.39 is 13.7 Å². The first kappa shape index (κ1) is 33.0. The third-order valence-electron chi connectivity index (χ3n) is 10.0. The van der Waals surface area contributed by atoms with Crippen molar-refractivity contribution >= 4 is 25.1 Å². The quantitative estimate of drug-likeness (QED) is 0.115. The highest BCUT2D eigenvalue weighted by Crippen LogP contribution is 2.41. The molecule has 2 aliphatic rings. The summed E-state index contributed by atoms with van der Waals surface area (Å²) in [5, 5.41) is 1.30. The standard InChI is InChI=1S/C40H45NO5Si/c1-47(2,35-21-13-6-14-22-35)36(24-26-39-44-27-28-45-39)29-38(43)41-34(23-25-37(41)42)30-46-40(31-15-7-3-8-16-31,32-17-9-4-10-18-32)33-19-11-5-12-20-33/h3-22,34,36,39H,23-30H2,1-2H3/t34-,36-/m0/s1. The zero-order valence-corrected chi connectivity index (χ0v) is 28.4. The molecule has 0 bridgehead atoms. The first-order valence-electron chi connectivity index (χ1n) is 16.8. The van der Waals surface area contributed by atoms with Crippen molar-refractivity contribution in [3.05, 3.63) is 138 Å². The molecule has 2 aliphatic heterocycles. The van der Waals surface area contributed by atoms with Crippen LogP contribution in [-0.4, -0.2) is 56.9 Å². The molecule has 0 N–H and O–H groups in total. The molecule has 0 unspecified atom stereocenters. The Morgan fingerprint density at radius 2 is 1.30 bits per heavy atom. The van der Waals surface area contributed by atoms with Gasteiger partial charge in [-0.2, -0.15) is 0 Å². The molecule has 2 saturated heterocycles. The number of amides is 2. The van der Waals surface area contributed by atoms with E-state index in [2.05, 4.69) is 73.8 Å². The fourth-order valence-electron chi connectivity index (χ4n) is 7.28. The molecule has 2 fully saturated rings. The summed E-state index contributed by atoms with van der Waals surface area (Å²) in [5.41, 5.74) is 2.16. The maximum atomic E-state index is 14.3. The maximum Gasteiger partial charge on any atom is 0.229 e. The summed E-state index contributed by atoms with van der Waals surface area (Å²) < 4.78 is 18.6. The summed E-state index contributed by atoms with van der Waals surface area (Å²) in [6.07, 6.45) is 2.52. The van der Waals surface area contributed by atoms with E-state index in [4.69, 9.17) is 14.2 Å². The zero-order chi connectivity index (χ0) is 32.7. The van der Waals surface area contributed by atoms with Gasteiger partial charge < -0.3 is 14.2 Å². The van der Waals surface area contributed by atoms with Crippen molar-refractivity contribution in [1.29, 1.82) is 0 Å². The zero-order valence-electron chi connectivity index (χ0n) is 27.4. The first-order valence-corrected chi connectivity index (χ1v) is 19.9. The Morgan fingerprint density at radius 1 is 0.809 bits per heavy atom. The maximum absolute atomic E-state index is 14.3. The number of ether oxygens (including phenoxy) is 3. The lowest BCUT2D eigenvalue weighted by Crippen LogP contribution is -2.49. The molecule has 2 atom stereocenters. The Balaban J connectivity index is 1.28. The summed E-state index contributed by atoms with van der Waals surface area (Å²) in [5.74, 6) is -0.227.